The van der Waals surface area contributed by atoms with Crippen LogP contribution in [0.25, 0.3) is 0 Å². The van der Waals surface area contributed by atoms with Crippen molar-refractivity contribution in [2.75, 3.05) is 0 Å². The largest absolute Gasteiger partial charge is 0.426 e. The minimum Gasteiger partial charge on any atom is -0.426 e. The molecule has 0 aliphatic rings. The van der Waals surface area contributed by atoms with Crippen LogP contribution in [0, 0.1) is 26.7 Å². The maximum absolute atomic E-state index is 12.2. The predicted molar refractivity (Wildman–Crippen MR) is 165 cm³/mol. The Morgan fingerprint density at radius 2 is 1.18 bits per heavy atom. The maximum Gasteiger partial charge on any atom is 0.310 e. The average molecular weight is 539 g/mol. The van der Waals surface area contributed by atoms with Crippen LogP contribution in [0.2, 0.25) is 0 Å². The van der Waals surface area contributed by atoms with Gasteiger partial charge in [-0.05, 0) is 122 Å². The normalized spacial score (nSPS) is 12.8. The first-order valence-corrected chi connectivity index (χ1v) is 14.9. The first kappa shape index (κ1) is 34.4. The van der Waals surface area contributed by atoms with Crippen molar-refractivity contribution in [1.82, 2.24) is 0 Å². The zero-order valence-electron chi connectivity index (χ0n) is 26.5. The molecule has 1 aromatic rings. The Bertz CT molecular complexity index is 1050. The molecule has 4 heteroatoms. The number of benzene rings is 1. The molecule has 0 spiro atoms. The number of allylic oxidation sites excluding steroid dienone is 6. The number of hydrogen-bond donors (Lipinski definition) is 0. The number of rotatable bonds is 16. The van der Waals surface area contributed by atoms with Crippen molar-refractivity contribution in [2.45, 2.75) is 133 Å². The second-order valence-electron chi connectivity index (χ2n) is 11.3. The summed E-state index contributed by atoms with van der Waals surface area (Å²) in [7, 11) is 0. The molecule has 0 N–H and O–H groups in total. The molecule has 0 heterocycles. The molecule has 0 fully saturated rings. The number of carbonyl (C=O) groups is 2. The van der Waals surface area contributed by atoms with E-state index in [1.165, 1.54) is 16.7 Å². The highest BCUT2D eigenvalue weighted by molar-refractivity contribution is 5.76. The minimum absolute atomic E-state index is 0.247. The van der Waals surface area contributed by atoms with Crippen LogP contribution in [0.5, 0.6) is 11.5 Å². The molecule has 39 heavy (non-hydrogen) atoms. The maximum atomic E-state index is 12.2. The summed E-state index contributed by atoms with van der Waals surface area (Å²) in [6.07, 6.45) is 16.1. The molecule has 0 aromatic heterocycles. The summed E-state index contributed by atoms with van der Waals surface area (Å²) in [5.41, 5.74) is 7.91. The third-order valence-corrected chi connectivity index (χ3v) is 7.48. The van der Waals surface area contributed by atoms with Gasteiger partial charge < -0.3 is 9.47 Å². The van der Waals surface area contributed by atoms with Crippen molar-refractivity contribution >= 4 is 11.9 Å². The fourth-order valence-electron chi connectivity index (χ4n) is 4.61. The summed E-state index contributed by atoms with van der Waals surface area (Å²) < 4.78 is 11.5. The lowest BCUT2D eigenvalue weighted by Gasteiger charge is -2.22. The first-order chi connectivity index (χ1) is 18.4. The molecule has 0 unspecified atom stereocenters. The van der Waals surface area contributed by atoms with E-state index in [2.05, 4.69) is 52.8 Å². The van der Waals surface area contributed by atoms with Gasteiger partial charge in [-0.2, -0.15) is 0 Å². The van der Waals surface area contributed by atoms with Crippen LogP contribution in [0.1, 0.15) is 129 Å². The Balaban J connectivity index is 2.81. The number of esters is 2. The van der Waals surface area contributed by atoms with Crippen molar-refractivity contribution in [2.24, 2.45) is 5.92 Å². The van der Waals surface area contributed by atoms with Gasteiger partial charge in [0.15, 0.2) is 0 Å². The zero-order chi connectivity index (χ0) is 29.5. The Hall–Kier alpha value is -2.62. The van der Waals surface area contributed by atoms with Crippen molar-refractivity contribution < 1.29 is 19.1 Å². The summed E-state index contributed by atoms with van der Waals surface area (Å²) in [5.74, 6) is 1.26. The third-order valence-electron chi connectivity index (χ3n) is 7.48. The molecule has 0 radical (unpaired) electrons. The molecule has 218 valence electrons. The minimum atomic E-state index is -0.255. The van der Waals surface area contributed by atoms with Crippen LogP contribution in [0.4, 0.5) is 0 Å². The summed E-state index contributed by atoms with van der Waals surface area (Å²) >= 11 is 0. The molecule has 1 atom stereocenters. The molecule has 1 rings (SSSR count). The van der Waals surface area contributed by atoms with E-state index in [1.54, 1.807) is 13.8 Å². The summed E-state index contributed by atoms with van der Waals surface area (Å²) in [6, 6.07) is 0. The molecular formula is C35H54O4. The summed E-state index contributed by atoms with van der Waals surface area (Å²) in [4.78, 5) is 24.3. The molecule has 0 bridgehead atoms. The molecule has 0 saturated carbocycles. The Morgan fingerprint density at radius 1 is 0.692 bits per heavy atom. The summed E-state index contributed by atoms with van der Waals surface area (Å²) in [5, 5.41) is 0. The quantitative estimate of drug-likeness (QED) is 0.119. The molecule has 1 aromatic carbocycles. The van der Waals surface area contributed by atoms with Crippen LogP contribution in [-0.2, 0) is 16.0 Å². The molecule has 0 saturated heterocycles. The topological polar surface area (TPSA) is 52.6 Å². The van der Waals surface area contributed by atoms with E-state index in [4.69, 9.17) is 9.47 Å². The van der Waals surface area contributed by atoms with Crippen LogP contribution in [0.3, 0.4) is 0 Å². The predicted octanol–water partition coefficient (Wildman–Crippen LogP) is 10.0. The van der Waals surface area contributed by atoms with Gasteiger partial charge in [0.05, 0.1) is 0 Å². The van der Waals surface area contributed by atoms with E-state index < -0.39 is 0 Å². The second-order valence-corrected chi connectivity index (χ2v) is 11.3. The lowest BCUT2D eigenvalue weighted by atomic mass is 9.90. The average Bonchev–Trinajstić information content (AvgIpc) is 2.88. The van der Waals surface area contributed by atoms with Crippen LogP contribution in [-0.4, -0.2) is 11.9 Å². The van der Waals surface area contributed by atoms with E-state index in [0.717, 1.165) is 73.6 Å². The van der Waals surface area contributed by atoms with Gasteiger partial charge in [0.1, 0.15) is 11.5 Å². The smallest absolute Gasteiger partial charge is 0.310 e. The van der Waals surface area contributed by atoms with E-state index in [9.17, 15) is 9.59 Å². The third kappa shape index (κ3) is 12.4. The molecular weight excluding hydrogens is 484 g/mol. The summed E-state index contributed by atoms with van der Waals surface area (Å²) in [6.45, 7) is 20.5. The zero-order valence-corrected chi connectivity index (χ0v) is 26.5. The number of ether oxygens (including phenoxy) is 2. The van der Waals surface area contributed by atoms with Gasteiger partial charge in [0.2, 0.25) is 0 Å². The first-order valence-electron chi connectivity index (χ1n) is 14.9. The van der Waals surface area contributed by atoms with Crippen LogP contribution >= 0.6 is 0 Å². The molecule has 4 nitrogen and oxygen atoms in total. The fraction of sp³-hybridized carbons (Fsp3) is 0.600. The lowest BCUT2D eigenvalue weighted by molar-refractivity contribution is -0.135. The number of hydrogen-bond acceptors (Lipinski definition) is 4. The van der Waals surface area contributed by atoms with E-state index >= 15 is 0 Å². The van der Waals surface area contributed by atoms with Crippen molar-refractivity contribution in [3.63, 3.8) is 0 Å². The number of carbonyl (C=O) groups excluding carboxylic acids is 2. The van der Waals surface area contributed by atoms with Crippen LogP contribution in [0.15, 0.2) is 34.9 Å². The highest BCUT2D eigenvalue weighted by Crippen LogP contribution is 2.39. The van der Waals surface area contributed by atoms with Crippen molar-refractivity contribution in [1.29, 1.82) is 0 Å². The van der Waals surface area contributed by atoms with E-state index in [-0.39, 0.29) is 11.9 Å². The molecule has 0 aliphatic carbocycles. The molecule has 0 amide bonds. The van der Waals surface area contributed by atoms with Gasteiger partial charge in [-0.1, -0.05) is 55.7 Å². The highest BCUT2D eigenvalue weighted by Gasteiger charge is 2.23. The van der Waals surface area contributed by atoms with Crippen molar-refractivity contribution in [3.05, 3.63) is 57.2 Å². The second kappa shape index (κ2) is 17.9. The van der Waals surface area contributed by atoms with Gasteiger partial charge in [-0.15, -0.1) is 0 Å². The van der Waals surface area contributed by atoms with Gasteiger partial charge in [0, 0.05) is 18.4 Å². The highest BCUT2D eigenvalue weighted by atomic mass is 16.5. The Kier molecular flexibility index (Phi) is 15.8. The van der Waals surface area contributed by atoms with Gasteiger partial charge in [-0.3, -0.25) is 9.59 Å². The van der Waals surface area contributed by atoms with Gasteiger partial charge in [-0.25, -0.2) is 0 Å². The lowest BCUT2D eigenvalue weighted by Crippen LogP contribution is -2.14. The monoisotopic (exact) mass is 538 g/mol. The Morgan fingerprint density at radius 3 is 1.72 bits per heavy atom. The van der Waals surface area contributed by atoms with Gasteiger partial charge >= 0.3 is 11.9 Å². The van der Waals surface area contributed by atoms with Crippen molar-refractivity contribution in [3.8, 4) is 11.5 Å². The van der Waals surface area contributed by atoms with E-state index in [0.29, 0.717) is 30.3 Å². The molecule has 0 aliphatic heterocycles. The Labute approximate surface area is 238 Å². The van der Waals surface area contributed by atoms with E-state index in [1.807, 2.05) is 20.8 Å². The van der Waals surface area contributed by atoms with Gasteiger partial charge in [0.25, 0.3) is 0 Å². The fourth-order valence-corrected chi connectivity index (χ4v) is 4.61. The SMILES string of the molecule is CCC(=O)Oc1c(C)c(C)c(OC(=O)CC)c(CC[C@@H](C)CC/C=C(\C)CC/C=C(\C)CCC=C(C)C)c1C. The standard InChI is InChI=1S/C35H54O4/c1-11-32(36)38-34-28(8)29(9)35(39-33(37)12-2)31(30(34)10)23-22-27(7)21-15-20-26(6)19-14-18-25(5)17-13-16-24(3)4/h16,18,20,27H,11-15,17,19,21-23H2,1-10H3/b25-18+,26-20+/t27-/m0/s1. The van der Waals surface area contributed by atoms with Crippen LogP contribution < -0.4 is 9.47 Å².